The first-order valence-electron chi connectivity index (χ1n) is 6.69. The minimum Gasteiger partial charge on any atom is -0.373 e. The van der Waals surface area contributed by atoms with Crippen molar-refractivity contribution in [3.8, 4) is 0 Å². The van der Waals surface area contributed by atoms with Gasteiger partial charge < -0.3 is 9.88 Å². The maximum atomic E-state index is 13.8. The minimum absolute atomic E-state index is 0.105. The summed E-state index contributed by atoms with van der Waals surface area (Å²) in [6.07, 6.45) is 0. The van der Waals surface area contributed by atoms with Gasteiger partial charge in [0, 0.05) is 11.5 Å². The average molecular weight is 348 g/mol. The number of benzene rings is 2. The molecule has 1 heterocycles. The first kappa shape index (κ1) is 14.1. The number of imidazole rings is 1. The Kier molecular flexibility index (Phi) is 3.68. The average Bonchev–Trinajstić information content (AvgIpc) is 2.81. The summed E-state index contributed by atoms with van der Waals surface area (Å²) in [5, 5.41) is 3.18. The highest BCUT2D eigenvalue weighted by atomic mass is 79.9. The van der Waals surface area contributed by atoms with Crippen molar-refractivity contribution >= 4 is 32.7 Å². The molecule has 0 aliphatic heterocycles. The van der Waals surface area contributed by atoms with Crippen LogP contribution in [0, 0.1) is 5.82 Å². The van der Waals surface area contributed by atoms with Gasteiger partial charge in [-0.3, -0.25) is 0 Å². The molecule has 0 spiro atoms. The number of aryl methyl sites for hydroxylation is 1. The Bertz CT molecular complexity index is 797. The molecule has 0 amide bonds. The lowest BCUT2D eigenvalue weighted by molar-refractivity contribution is 0.624. The van der Waals surface area contributed by atoms with Gasteiger partial charge in [-0.2, -0.15) is 0 Å². The van der Waals surface area contributed by atoms with Crippen LogP contribution in [-0.4, -0.2) is 9.55 Å². The van der Waals surface area contributed by atoms with Crippen molar-refractivity contribution in [2.24, 2.45) is 7.05 Å². The van der Waals surface area contributed by atoms with E-state index in [4.69, 9.17) is 0 Å². The van der Waals surface area contributed by atoms with Gasteiger partial charge in [0.05, 0.1) is 22.8 Å². The topological polar surface area (TPSA) is 29.9 Å². The van der Waals surface area contributed by atoms with Crippen LogP contribution in [0.1, 0.15) is 18.8 Å². The first-order chi connectivity index (χ1) is 10.1. The second-order valence-electron chi connectivity index (χ2n) is 5.01. The largest absolute Gasteiger partial charge is 0.373 e. The fraction of sp³-hybridized carbons (Fsp3) is 0.188. The van der Waals surface area contributed by atoms with Gasteiger partial charge in [0.25, 0.3) is 0 Å². The molecule has 3 nitrogen and oxygen atoms in total. The normalized spacial score (nSPS) is 12.6. The molecule has 2 aromatic carbocycles. The summed E-state index contributed by atoms with van der Waals surface area (Å²) in [5.74, 6) is 0.597. The summed E-state index contributed by atoms with van der Waals surface area (Å²) < 4.78 is 16.7. The summed E-state index contributed by atoms with van der Waals surface area (Å²) in [4.78, 5) is 4.63. The van der Waals surface area contributed by atoms with Gasteiger partial charge in [-0.15, -0.1) is 0 Å². The molecule has 5 heteroatoms. The molecule has 1 unspecified atom stereocenters. The van der Waals surface area contributed by atoms with Crippen LogP contribution >= 0.6 is 15.9 Å². The van der Waals surface area contributed by atoms with E-state index in [2.05, 4.69) is 26.2 Å². The Labute approximate surface area is 130 Å². The molecule has 0 fully saturated rings. The molecule has 21 heavy (non-hydrogen) atoms. The van der Waals surface area contributed by atoms with Crippen LogP contribution in [0.5, 0.6) is 0 Å². The monoisotopic (exact) mass is 347 g/mol. The van der Waals surface area contributed by atoms with Crippen LogP contribution < -0.4 is 5.32 Å². The van der Waals surface area contributed by atoms with E-state index < -0.39 is 0 Å². The van der Waals surface area contributed by atoms with Crippen LogP contribution in [-0.2, 0) is 7.05 Å². The van der Waals surface area contributed by atoms with Crippen molar-refractivity contribution in [1.82, 2.24) is 9.55 Å². The fourth-order valence-corrected chi connectivity index (χ4v) is 2.82. The lowest BCUT2D eigenvalue weighted by atomic mass is 10.2. The fourth-order valence-electron chi connectivity index (χ4n) is 2.46. The summed E-state index contributed by atoms with van der Waals surface area (Å²) in [6.45, 7) is 1.97. The smallest absolute Gasteiger partial charge is 0.146 e. The number of hydrogen-bond acceptors (Lipinski definition) is 2. The maximum Gasteiger partial charge on any atom is 0.146 e. The third kappa shape index (κ3) is 2.65. The number of rotatable bonds is 3. The highest BCUT2D eigenvalue weighted by molar-refractivity contribution is 9.10. The van der Waals surface area contributed by atoms with E-state index in [1.54, 1.807) is 12.1 Å². The van der Waals surface area contributed by atoms with E-state index in [0.717, 1.165) is 21.3 Å². The molecule has 1 atom stereocenters. The van der Waals surface area contributed by atoms with Gasteiger partial charge in [-0.1, -0.05) is 28.1 Å². The number of nitrogens with one attached hydrogen (secondary N) is 1. The molecule has 108 valence electrons. The molecule has 0 saturated carbocycles. The number of aromatic nitrogens is 2. The van der Waals surface area contributed by atoms with Crippen molar-refractivity contribution in [3.05, 3.63) is 58.6 Å². The predicted molar refractivity (Wildman–Crippen MR) is 86.9 cm³/mol. The van der Waals surface area contributed by atoms with Crippen LogP contribution in [0.15, 0.2) is 46.9 Å². The van der Waals surface area contributed by atoms with Crippen molar-refractivity contribution < 1.29 is 4.39 Å². The lowest BCUT2D eigenvalue weighted by Crippen LogP contribution is -2.12. The van der Waals surface area contributed by atoms with Gasteiger partial charge in [0.2, 0.25) is 0 Å². The van der Waals surface area contributed by atoms with Gasteiger partial charge in [-0.05, 0) is 37.3 Å². The van der Waals surface area contributed by atoms with Crippen LogP contribution in [0.2, 0.25) is 0 Å². The molecule has 3 rings (SSSR count). The quantitative estimate of drug-likeness (QED) is 0.747. The lowest BCUT2D eigenvalue weighted by Gasteiger charge is -2.16. The zero-order chi connectivity index (χ0) is 15.0. The summed E-state index contributed by atoms with van der Waals surface area (Å²) in [6, 6.07) is 12.7. The molecule has 0 radical (unpaired) electrons. The Hall–Kier alpha value is -1.88. The van der Waals surface area contributed by atoms with Gasteiger partial charge in [0.15, 0.2) is 0 Å². The van der Waals surface area contributed by atoms with Gasteiger partial charge in [0.1, 0.15) is 11.6 Å². The van der Waals surface area contributed by atoms with E-state index in [0.29, 0.717) is 5.69 Å². The standard InChI is InChI=1S/C16H15BrFN3/c1-10(19-14-9-11(17)7-8-12(14)18)16-20-13-5-3-4-6-15(13)21(16)2/h3-10,19H,1-2H3. The molecule has 0 aliphatic rings. The molecular formula is C16H15BrFN3. The minimum atomic E-state index is -0.274. The molecule has 0 aliphatic carbocycles. The first-order valence-corrected chi connectivity index (χ1v) is 7.48. The van der Waals surface area contributed by atoms with E-state index in [9.17, 15) is 4.39 Å². The van der Waals surface area contributed by atoms with Crippen molar-refractivity contribution in [3.63, 3.8) is 0 Å². The summed E-state index contributed by atoms with van der Waals surface area (Å²) in [5.41, 5.74) is 2.47. The van der Waals surface area contributed by atoms with Gasteiger partial charge in [-0.25, -0.2) is 9.37 Å². The molecule has 1 aromatic heterocycles. The van der Waals surface area contributed by atoms with Gasteiger partial charge >= 0.3 is 0 Å². The summed E-state index contributed by atoms with van der Waals surface area (Å²) >= 11 is 3.36. The molecule has 1 N–H and O–H groups in total. The number of fused-ring (bicyclic) bond motifs is 1. The summed E-state index contributed by atoms with van der Waals surface area (Å²) in [7, 11) is 1.97. The van der Waals surface area contributed by atoms with E-state index in [1.165, 1.54) is 6.07 Å². The second kappa shape index (κ2) is 5.48. The Morgan fingerprint density at radius 1 is 1.24 bits per heavy atom. The van der Waals surface area contributed by atoms with Crippen molar-refractivity contribution in [1.29, 1.82) is 0 Å². The highest BCUT2D eigenvalue weighted by Crippen LogP contribution is 2.26. The molecular weight excluding hydrogens is 333 g/mol. The molecule has 0 bridgehead atoms. The number of anilines is 1. The Morgan fingerprint density at radius 2 is 2.00 bits per heavy atom. The molecule has 3 aromatic rings. The zero-order valence-corrected chi connectivity index (χ0v) is 13.4. The van der Waals surface area contributed by atoms with E-state index in [1.807, 2.05) is 42.8 Å². The van der Waals surface area contributed by atoms with Crippen molar-refractivity contribution in [2.45, 2.75) is 13.0 Å². The van der Waals surface area contributed by atoms with Crippen molar-refractivity contribution in [2.75, 3.05) is 5.32 Å². The Balaban J connectivity index is 1.95. The zero-order valence-electron chi connectivity index (χ0n) is 11.8. The number of nitrogens with zero attached hydrogens (tertiary/aromatic N) is 2. The van der Waals surface area contributed by atoms with Crippen LogP contribution in [0.3, 0.4) is 0 Å². The Morgan fingerprint density at radius 3 is 2.76 bits per heavy atom. The number of hydrogen-bond donors (Lipinski definition) is 1. The predicted octanol–water partition coefficient (Wildman–Crippen LogP) is 4.65. The SMILES string of the molecule is CC(Nc1cc(Br)ccc1F)c1nc2ccccc2n1C. The number of para-hydroxylation sites is 2. The highest BCUT2D eigenvalue weighted by Gasteiger charge is 2.15. The third-order valence-electron chi connectivity index (χ3n) is 3.51. The van der Waals surface area contributed by atoms with E-state index >= 15 is 0 Å². The number of halogens is 2. The maximum absolute atomic E-state index is 13.8. The molecule has 0 saturated heterocycles. The van der Waals surface area contributed by atoms with E-state index in [-0.39, 0.29) is 11.9 Å². The second-order valence-corrected chi connectivity index (χ2v) is 5.92. The van der Waals surface area contributed by atoms with Crippen LogP contribution in [0.4, 0.5) is 10.1 Å². The third-order valence-corrected chi connectivity index (χ3v) is 4.00. The van der Waals surface area contributed by atoms with Crippen LogP contribution in [0.25, 0.3) is 11.0 Å².